The zero-order valence-electron chi connectivity index (χ0n) is 33.5. The second-order valence-corrected chi connectivity index (χ2v) is 16.2. The lowest BCUT2D eigenvalue weighted by atomic mass is 9.89. The quantitative estimate of drug-likeness (QED) is 0.0625. The normalized spacial score (nSPS) is 11.6. The van der Waals surface area contributed by atoms with Crippen molar-refractivity contribution >= 4 is 10.8 Å². The van der Waals surface area contributed by atoms with Crippen LogP contribution in [0, 0.1) is 34.5 Å². The average molecular weight is 689 g/mol. The zero-order chi connectivity index (χ0) is 36.5. The van der Waals surface area contributed by atoms with E-state index in [-0.39, 0.29) is 13.6 Å². The summed E-state index contributed by atoms with van der Waals surface area (Å²) in [4.78, 5) is 0. The van der Waals surface area contributed by atoms with Crippen LogP contribution in [-0.4, -0.2) is 26.8 Å². The highest BCUT2D eigenvalue weighted by molar-refractivity contribution is 5.96. The predicted molar refractivity (Wildman–Crippen MR) is 214 cm³/mol. The molecule has 280 valence electrons. The van der Waals surface area contributed by atoms with Gasteiger partial charge >= 0.3 is 0 Å². The maximum absolute atomic E-state index is 6.21. The third-order valence-electron chi connectivity index (χ3n) is 8.99. The molecule has 0 saturated heterocycles. The van der Waals surface area contributed by atoms with Gasteiger partial charge in [-0.2, -0.15) is 0 Å². The van der Waals surface area contributed by atoms with Crippen molar-refractivity contribution in [3.05, 3.63) is 35.4 Å². The van der Waals surface area contributed by atoms with E-state index in [0.29, 0.717) is 24.0 Å². The van der Waals surface area contributed by atoms with Crippen LogP contribution in [0.5, 0.6) is 11.5 Å². The fraction of sp³-hybridized carbons (Fsp3) is 0.696. The SMILES string of the molecule is CCOCOc1c(C#CCCCCCCCCCC(C)(C)C)ccc2c(OCOCC)c(C#CCCCCCCCCCC(C)(C)C)ccc12. The molecular formula is C46H72O4. The number of ether oxygens (including phenoxy) is 4. The van der Waals surface area contributed by atoms with Gasteiger partial charge in [-0.15, -0.1) is 0 Å². The molecule has 0 aromatic heterocycles. The number of fused-ring (bicyclic) bond motifs is 1. The van der Waals surface area contributed by atoms with E-state index in [1.54, 1.807) is 0 Å². The first-order valence-electron chi connectivity index (χ1n) is 20.0. The van der Waals surface area contributed by atoms with Gasteiger partial charge in [-0.3, -0.25) is 0 Å². The molecule has 0 aliphatic heterocycles. The van der Waals surface area contributed by atoms with Crippen molar-refractivity contribution in [2.45, 2.75) is 171 Å². The van der Waals surface area contributed by atoms with Crippen molar-refractivity contribution < 1.29 is 18.9 Å². The van der Waals surface area contributed by atoms with Gasteiger partial charge in [-0.25, -0.2) is 0 Å². The molecule has 0 atom stereocenters. The molecule has 0 unspecified atom stereocenters. The summed E-state index contributed by atoms with van der Waals surface area (Å²) >= 11 is 0. The lowest BCUT2D eigenvalue weighted by Gasteiger charge is -2.17. The van der Waals surface area contributed by atoms with Gasteiger partial charge in [0, 0.05) is 36.8 Å². The Morgan fingerprint density at radius 2 is 0.800 bits per heavy atom. The number of hydrogen-bond acceptors (Lipinski definition) is 4. The van der Waals surface area contributed by atoms with E-state index in [0.717, 1.165) is 59.1 Å². The molecule has 0 spiro atoms. The summed E-state index contributed by atoms with van der Waals surface area (Å²) in [5.74, 6) is 15.1. The Labute approximate surface area is 308 Å². The van der Waals surface area contributed by atoms with Crippen molar-refractivity contribution in [3.8, 4) is 35.2 Å². The second-order valence-electron chi connectivity index (χ2n) is 16.2. The van der Waals surface area contributed by atoms with Gasteiger partial charge in [0.05, 0.1) is 11.1 Å². The molecule has 0 aliphatic rings. The summed E-state index contributed by atoms with van der Waals surface area (Å²) in [6, 6.07) is 8.26. The van der Waals surface area contributed by atoms with Crippen molar-refractivity contribution in [3.63, 3.8) is 0 Å². The minimum absolute atomic E-state index is 0.174. The topological polar surface area (TPSA) is 36.9 Å². The first-order chi connectivity index (χ1) is 24.1. The second kappa shape index (κ2) is 25.3. The van der Waals surface area contributed by atoms with Crippen LogP contribution in [0.25, 0.3) is 10.8 Å². The molecule has 4 nitrogen and oxygen atoms in total. The first-order valence-corrected chi connectivity index (χ1v) is 20.0. The van der Waals surface area contributed by atoms with Crippen molar-refractivity contribution in [1.82, 2.24) is 0 Å². The van der Waals surface area contributed by atoms with E-state index >= 15 is 0 Å². The standard InChI is InChI=1S/C46H72O4/c1-9-47-37-49-43-39(29-25-21-17-13-11-15-19-23-27-35-45(3,4)5)31-34-42-41(43)33-32-40(44(42)50-38-48-10-2)30-26-22-18-14-12-16-20-24-28-36-46(6,7)8/h31-34H,9-24,27-28,35-38H2,1-8H3. The van der Waals surface area contributed by atoms with Crippen LogP contribution >= 0.6 is 0 Å². The van der Waals surface area contributed by atoms with Crippen LogP contribution in [0.4, 0.5) is 0 Å². The number of benzene rings is 2. The van der Waals surface area contributed by atoms with Crippen LogP contribution < -0.4 is 9.47 Å². The highest BCUT2D eigenvalue weighted by Gasteiger charge is 2.15. The lowest BCUT2D eigenvalue weighted by molar-refractivity contribution is 0.0221. The fourth-order valence-corrected chi connectivity index (χ4v) is 6.05. The third-order valence-corrected chi connectivity index (χ3v) is 8.99. The van der Waals surface area contributed by atoms with E-state index in [1.165, 1.54) is 89.9 Å². The van der Waals surface area contributed by atoms with Crippen molar-refractivity contribution in [1.29, 1.82) is 0 Å². The first kappa shape index (κ1) is 43.5. The molecule has 0 fully saturated rings. The average Bonchev–Trinajstić information content (AvgIpc) is 3.06. The zero-order valence-corrected chi connectivity index (χ0v) is 33.5. The molecule has 0 aliphatic carbocycles. The summed E-state index contributed by atoms with van der Waals surface area (Å²) in [6.45, 7) is 19.5. The van der Waals surface area contributed by atoms with Gasteiger partial charge < -0.3 is 18.9 Å². The van der Waals surface area contributed by atoms with E-state index in [2.05, 4.69) is 77.4 Å². The Hall–Kier alpha value is -2.66. The lowest BCUT2D eigenvalue weighted by Crippen LogP contribution is -2.06. The van der Waals surface area contributed by atoms with Gasteiger partial charge in [-0.05, 0) is 74.6 Å². The Bertz CT molecular complexity index is 1220. The minimum atomic E-state index is 0.174. The van der Waals surface area contributed by atoms with Gasteiger partial charge in [-0.1, -0.05) is 142 Å². The summed E-state index contributed by atoms with van der Waals surface area (Å²) in [5.41, 5.74) is 2.67. The Kier molecular flexibility index (Phi) is 22.0. The van der Waals surface area contributed by atoms with Gasteiger partial charge in [0.2, 0.25) is 0 Å². The number of rotatable bonds is 24. The summed E-state index contributed by atoms with van der Waals surface area (Å²) in [6.07, 6.45) is 22.5. The van der Waals surface area contributed by atoms with E-state index in [9.17, 15) is 0 Å². The van der Waals surface area contributed by atoms with E-state index < -0.39 is 0 Å². The van der Waals surface area contributed by atoms with Crippen LogP contribution in [0.2, 0.25) is 0 Å². The van der Waals surface area contributed by atoms with Crippen molar-refractivity contribution in [2.24, 2.45) is 10.8 Å². The number of unbranched alkanes of at least 4 members (excludes halogenated alkanes) is 14. The predicted octanol–water partition coefficient (Wildman–Crippen LogP) is 13.4. The molecule has 2 rings (SSSR count). The molecule has 0 heterocycles. The Balaban J connectivity index is 2.03. The molecule has 0 bridgehead atoms. The Morgan fingerprint density at radius 1 is 0.460 bits per heavy atom. The fourth-order valence-electron chi connectivity index (χ4n) is 6.05. The van der Waals surface area contributed by atoms with Gasteiger partial charge in [0.25, 0.3) is 0 Å². The third kappa shape index (κ3) is 19.7. The van der Waals surface area contributed by atoms with Crippen LogP contribution in [0.3, 0.4) is 0 Å². The molecular weight excluding hydrogens is 617 g/mol. The molecule has 0 saturated carbocycles. The highest BCUT2D eigenvalue weighted by atomic mass is 16.7. The molecule has 0 amide bonds. The summed E-state index contributed by atoms with van der Waals surface area (Å²) in [5, 5.41) is 1.89. The Morgan fingerprint density at radius 3 is 1.14 bits per heavy atom. The maximum Gasteiger partial charge on any atom is 0.189 e. The molecule has 0 N–H and O–H groups in total. The number of hydrogen-bond donors (Lipinski definition) is 0. The highest BCUT2D eigenvalue weighted by Crippen LogP contribution is 2.37. The van der Waals surface area contributed by atoms with Crippen molar-refractivity contribution in [2.75, 3.05) is 26.8 Å². The minimum Gasteiger partial charge on any atom is -0.466 e. The van der Waals surface area contributed by atoms with Crippen LogP contribution in [0.1, 0.15) is 182 Å². The van der Waals surface area contributed by atoms with E-state index in [4.69, 9.17) is 18.9 Å². The smallest absolute Gasteiger partial charge is 0.189 e. The molecule has 50 heavy (non-hydrogen) atoms. The van der Waals surface area contributed by atoms with Gasteiger partial charge in [0.15, 0.2) is 13.6 Å². The summed E-state index contributed by atoms with van der Waals surface area (Å²) in [7, 11) is 0. The monoisotopic (exact) mass is 689 g/mol. The van der Waals surface area contributed by atoms with Crippen LogP contribution in [-0.2, 0) is 9.47 Å². The molecule has 4 heteroatoms. The van der Waals surface area contributed by atoms with Gasteiger partial charge in [0.1, 0.15) is 11.5 Å². The van der Waals surface area contributed by atoms with Crippen LogP contribution in [0.15, 0.2) is 24.3 Å². The molecule has 2 aromatic carbocycles. The largest absolute Gasteiger partial charge is 0.466 e. The molecule has 2 aromatic rings. The molecule has 0 radical (unpaired) electrons. The summed E-state index contributed by atoms with van der Waals surface area (Å²) < 4.78 is 23.6. The maximum atomic E-state index is 6.21. The van der Waals surface area contributed by atoms with E-state index in [1.807, 2.05) is 26.0 Å².